The predicted molar refractivity (Wildman–Crippen MR) is 140 cm³/mol. The number of hydrogen-bond acceptors (Lipinski definition) is 0. The second-order valence-electron chi connectivity index (χ2n) is 8.22. The standard InChI is InChI=1S/C28H31Cl.C2H4/c1-5-28(4,6-2)20-19-22-7-9-24(10-8-22)26-15-17-27(18-16-26)25-13-11-23(12-14-25)21(3)29;1-2/h5,7-18,21H,1,6,19-20H2,2-4H3;1-2H2. The summed E-state index contributed by atoms with van der Waals surface area (Å²) in [6.45, 7) is 16.5. The molecule has 1 heteroatoms. The van der Waals surface area contributed by atoms with E-state index in [9.17, 15) is 0 Å². The van der Waals surface area contributed by atoms with Crippen molar-refractivity contribution >= 4 is 11.6 Å². The molecule has 31 heavy (non-hydrogen) atoms. The second-order valence-corrected chi connectivity index (χ2v) is 8.88. The summed E-state index contributed by atoms with van der Waals surface area (Å²) in [7, 11) is 0. The van der Waals surface area contributed by atoms with Crippen LogP contribution in [0.15, 0.2) is 98.6 Å². The second kappa shape index (κ2) is 11.7. The number of aryl methyl sites for hydroxylation is 1. The summed E-state index contributed by atoms with van der Waals surface area (Å²) < 4.78 is 0. The van der Waals surface area contributed by atoms with Gasteiger partial charge in [0.25, 0.3) is 0 Å². The van der Waals surface area contributed by atoms with Crippen LogP contribution in [0.1, 0.15) is 50.1 Å². The van der Waals surface area contributed by atoms with Crippen molar-refractivity contribution in [2.24, 2.45) is 5.41 Å². The lowest BCUT2D eigenvalue weighted by molar-refractivity contribution is 0.378. The fourth-order valence-electron chi connectivity index (χ4n) is 3.51. The van der Waals surface area contributed by atoms with Crippen LogP contribution < -0.4 is 0 Å². The van der Waals surface area contributed by atoms with Crippen molar-refractivity contribution in [1.82, 2.24) is 0 Å². The van der Waals surface area contributed by atoms with Crippen LogP contribution in [0.5, 0.6) is 0 Å². The number of allylic oxidation sites excluding steroid dienone is 1. The Balaban J connectivity index is 0.00000166. The van der Waals surface area contributed by atoms with E-state index in [4.69, 9.17) is 11.6 Å². The van der Waals surface area contributed by atoms with E-state index in [0.29, 0.717) is 0 Å². The minimum absolute atomic E-state index is 0.0434. The number of rotatable bonds is 8. The van der Waals surface area contributed by atoms with Gasteiger partial charge in [-0.25, -0.2) is 0 Å². The Morgan fingerprint density at radius 3 is 1.55 bits per heavy atom. The highest BCUT2D eigenvalue weighted by atomic mass is 35.5. The Morgan fingerprint density at radius 1 is 0.806 bits per heavy atom. The van der Waals surface area contributed by atoms with E-state index in [2.05, 4.69) is 112 Å². The maximum atomic E-state index is 6.15. The topological polar surface area (TPSA) is 0 Å². The van der Waals surface area contributed by atoms with Gasteiger partial charge < -0.3 is 0 Å². The molecule has 0 fully saturated rings. The first-order chi connectivity index (χ1) is 14.9. The molecule has 162 valence electrons. The Kier molecular flexibility index (Phi) is 9.34. The molecule has 0 aliphatic carbocycles. The first kappa shape index (κ1) is 24.7. The van der Waals surface area contributed by atoms with E-state index < -0.39 is 0 Å². The third-order valence-corrected chi connectivity index (χ3v) is 6.41. The van der Waals surface area contributed by atoms with Gasteiger partial charge in [0.1, 0.15) is 0 Å². The van der Waals surface area contributed by atoms with Crippen LogP contribution in [0, 0.1) is 5.41 Å². The van der Waals surface area contributed by atoms with Crippen LogP contribution in [0.25, 0.3) is 22.3 Å². The normalized spacial score (nSPS) is 13.4. The first-order valence-corrected chi connectivity index (χ1v) is 11.4. The van der Waals surface area contributed by atoms with Crippen LogP contribution in [-0.4, -0.2) is 0 Å². The average Bonchev–Trinajstić information content (AvgIpc) is 2.84. The largest absolute Gasteiger partial charge is 0.118 e. The average molecular weight is 431 g/mol. The Hall–Kier alpha value is -2.57. The summed E-state index contributed by atoms with van der Waals surface area (Å²) in [5, 5.41) is 0.0434. The molecule has 0 radical (unpaired) electrons. The quantitative estimate of drug-likeness (QED) is 0.246. The van der Waals surface area contributed by atoms with Gasteiger partial charge in [-0.05, 0) is 65.0 Å². The van der Waals surface area contributed by atoms with Gasteiger partial charge in [0.2, 0.25) is 0 Å². The molecule has 0 aliphatic heterocycles. The van der Waals surface area contributed by atoms with Crippen molar-refractivity contribution in [3.8, 4) is 22.3 Å². The lowest BCUT2D eigenvalue weighted by Gasteiger charge is -2.23. The molecule has 0 spiro atoms. The van der Waals surface area contributed by atoms with Gasteiger partial charge in [0, 0.05) is 0 Å². The smallest absolute Gasteiger partial charge is 0.0557 e. The summed E-state index contributed by atoms with van der Waals surface area (Å²) in [6, 6.07) is 26.3. The predicted octanol–water partition coefficient (Wildman–Crippen LogP) is 9.66. The number of alkyl halides is 1. The first-order valence-electron chi connectivity index (χ1n) is 11.0. The van der Waals surface area contributed by atoms with Crippen molar-refractivity contribution in [3.05, 3.63) is 110 Å². The summed E-state index contributed by atoms with van der Waals surface area (Å²) in [6.07, 6.45) is 5.47. The van der Waals surface area contributed by atoms with Gasteiger partial charge >= 0.3 is 0 Å². The third kappa shape index (κ3) is 6.71. The van der Waals surface area contributed by atoms with Gasteiger partial charge in [-0.2, -0.15) is 0 Å². The summed E-state index contributed by atoms with van der Waals surface area (Å²) in [5.74, 6) is 0. The van der Waals surface area contributed by atoms with E-state index in [1.54, 1.807) is 0 Å². The monoisotopic (exact) mass is 430 g/mol. The molecule has 0 amide bonds. The van der Waals surface area contributed by atoms with Gasteiger partial charge in [0.15, 0.2) is 0 Å². The molecule has 0 bridgehead atoms. The van der Waals surface area contributed by atoms with E-state index >= 15 is 0 Å². The fourth-order valence-corrected chi connectivity index (χ4v) is 3.66. The zero-order valence-corrected chi connectivity index (χ0v) is 20.0. The van der Waals surface area contributed by atoms with Crippen molar-refractivity contribution in [2.45, 2.75) is 45.4 Å². The van der Waals surface area contributed by atoms with Crippen molar-refractivity contribution in [1.29, 1.82) is 0 Å². The Bertz CT molecular complexity index is 933. The molecule has 0 nitrogen and oxygen atoms in total. The van der Waals surface area contributed by atoms with Crippen molar-refractivity contribution < 1.29 is 0 Å². The molecule has 0 aliphatic rings. The van der Waals surface area contributed by atoms with Crippen LogP contribution in [-0.2, 0) is 6.42 Å². The lowest BCUT2D eigenvalue weighted by Crippen LogP contribution is -2.12. The van der Waals surface area contributed by atoms with Crippen LogP contribution in [0.4, 0.5) is 0 Å². The molecule has 3 rings (SSSR count). The molecule has 3 aromatic rings. The van der Waals surface area contributed by atoms with Crippen LogP contribution in [0.2, 0.25) is 0 Å². The van der Waals surface area contributed by atoms with Crippen LogP contribution in [0.3, 0.4) is 0 Å². The molecule has 2 atom stereocenters. The van der Waals surface area contributed by atoms with Gasteiger partial charge in [-0.3, -0.25) is 0 Å². The molecule has 2 unspecified atom stereocenters. The number of halogens is 1. The summed E-state index contributed by atoms with van der Waals surface area (Å²) in [5.41, 5.74) is 7.72. The van der Waals surface area contributed by atoms with E-state index in [1.807, 2.05) is 6.92 Å². The fraction of sp³-hybridized carbons (Fsp3) is 0.267. The van der Waals surface area contributed by atoms with E-state index in [-0.39, 0.29) is 10.8 Å². The SMILES string of the molecule is C=C.C=CC(C)(CC)CCc1ccc(-c2ccc(-c3ccc(C(C)Cl)cc3)cc2)cc1. The van der Waals surface area contributed by atoms with Gasteiger partial charge in [-0.1, -0.05) is 92.7 Å². The maximum absolute atomic E-state index is 6.15. The lowest BCUT2D eigenvalue weighted by atomic mass is 9.82. The Morgan fingerprint density at radius 2 is 1.19 bits per heavy atom. The number of hydrogen-bond donors (Lipinski definition) is 0. The zero-order valence-electron chi connectivity index (χ0n) is 19.2. The van der Waals surface area contributed by atoms with Crippen molar-refractivity contribution in [2.75, 3.05) is 0 Å². The molecule has 3 aromatic carbocycles. The Labute approximate surface area is 194 Å². The highest BCUT2D eigenvalue weighted by Crippen LogP contribution is 2.30. The molecule has 0 N–H and O–H groups in total. The minimum Gasteiger partial charge on any atom is -0.118 e. The highest BCUT2D eigenvalue weighted by Gasteiger charge is 2.17. The minimum atomic E-state index is 0.0434. The van der Waals surface area contributed by atoms with Crippen molar-refractivity contribution in [3.63, 3.8) is 0 Å². The zero-order chi connectivity index (χ0) is 22.9. The van der Waals surface area contributed by atoms with Gasteiger partial charge in [-0.15, -0.1) is 31.3 Å². The van der Waals surface area contributed by atoms with Crippen LogP contribution >= 0.6 is 11.6 Å². The molecular formula is C30H35Cl. The molecule has 0 aromatic heterocycles. The third-order valence-electron chi connectivity index (χ3n) is 6.16. The molecular weight excluding hydrogens is 396 g/mol. The summed E-state index contributed by atoms with van der Waals surface area (Å²) in [4.78, 5) is 0. The van der Waals surface area contributed by atoms with E-state index in [1.165, 1.54) is 27.8 Å². The molecule has 0 heterocycles. The van der Waals surface area contributed by atoms with E-state index in [0.717, 1.165) is 24.8 Å². The maximum Gasteiger partial charge on any atom is 0.0557 e. The molecule has 0 saturated heterocycles. The molecule has 0 saturated carbocycles. The number of benzene rings is 3. The summed E-state index contributed by atoms with van der Waals surface area (Å²) >= 11 is 6.15. The van der Waals surface area contributed by atoms with Gasteiger partial charge in [0.05, 0.1) is 5.38 Å². The highest BCUT2D eigenvalue weighted by molar-refractivity contribution is 6.20.